The summed E-state index contributed by atoms with van der Waals surface area (Å²) in [5.74, 6) is 0. The Labute approximate surface area is 103 Å². The maximum Gasteiger partial charge on any atom is 0.162 e. The second kappa shape index (κ2) is 8.42. The number of benzene rings is 1. The summed E-state index contributed by atoms with van der Waals surface area (Å²) >= 11 is 0. The summed E-state index contributed by atoms with van der Waals surface area (Å²) in [7, 11) is 1.67. The van der Waals surface area contributed by atoms with Crippen molar-refractivity contribution in [3.8, 4) is 0 Å². The summed E-state index contributed by atoms with van der Waals surface area (Å²) in [6.07, 6.45) is 6.25. The van der Waals surface area contributed by atoms with Crippen molar-refractivity contribution in [1.82, 2.24) is 0 Å². The second-order valence-electron chi connectivity index (χ2n) is 3.49. The van der Waals surface area contributed by atoms with Crippen molar-refractivity contribution in [3.63, 3.8) is 0 Å². The van der Waals surface area contributed by atoms with Gasteiger partial charge in [0.15, 0.2) is 6.73 Å². The van der Waals surface area contributed by atoms with Crippen LogP contribution >= 0.6 is 0 Å². The molecule has 17 heavy (non-hydrogen) atoms. The Morgan fingerprint density at radius 1 is 1.24 bits per heavy atom. The minimum Gasteiger partial charge on any atom is -0.481 e. The molecular weight excluding hydrogens is 214 g/mol. The molecule has 1 aromatic rings. The lowest BCUT2D eigenvalue weighted by Crippen LogP contribution is -2.27. The number of nitrogens with zero attached hydrogens (tertiary/aromatic N) is 1. The van der Waals surface area contributed by atoms with Gasteiger partial charge in [0, 0.05) is 12.8 Å². The summed E-state index contributed by atoms with van der Waals surface area (Å²) < 4.78 is 10.6. The lowest BCUT2D eigenvalue weighted by Gasteiger charge is -2.22. The monoisotopic (exact) mass is 233 g/mol. The third-order valence-electron chi connectivity index (χ3n) is 2.13. The van der Waals surface area contributed by atoms with Gasteiger partial charge < -0.3 is 14.4 Å². The first kappa shape index (κ1) is 13.3. The van der Waals surface area contributed by atoms with Crippen molar-refractivity contribution in [2.45, 2.75) is 6.42 Å². The molecule has 1 rings (SSSR count). The minimum atomic E-state index is 0.464. The summed E-state index contributed by atoms with van der Waals surface area (Å²) in [6, 6.07) is 10.0. The topological polar surface area (TPSA) is 21.7 Å². The first-order chi connectivity index (χ1) is 8.38. The largest absolute Gasteiger partial charge is 0.481 e. The highest BCUT2D eigenvalue weighted by Crippen LogP contribution is 2.12. The molecule has 0 saturated heterocycles. The Morgan fingerprint density at radius 3 is 2.65 bits per heavy atom. The standard InChI is InChI=1S/C14H19NO2/c1-3-4-8-11-17-13-15(12-16-2)14-9-6-5-7-10-14/h3,5-11H,1,4,12-13H2,2H3. The van der Waals surface area contributed by atoms with E-state index >= 15 is 0 Å². The third-order valence-corrected chi connectivity index (χ3v) is 2.13. The molecule has 0 bridgehead atoms. The van der Waals surface area contributed by atoms with Crippen molar-refractivity contribution < 1.29 is 9.47 Å². The average molecular weight is 233 g/mol. The fourth-order valence-corrected chi connectivity index (χ4v) is 1.33. The Morgan fingerprint density at radius 2 is 2.00 bits per heavy atom. The van der Waals surface area contributed by atoms with E-state index in [2.05, 4.69) is 6.58 Å². The zero-order valence-corrected chi connectivity index (χ0v) is 10.2. The number of methoxy groups -OCH3 is 1. The number of ether oxygens (including phenoxy) is 2. The van der Waals surface area contributed by atoms with E-state index in [0.29, 0.717) is 13.5 Å². The van der Waals surface area contributed by atoms with Gasteiger partial charge in [-0.2, -0.15) is 0 Å². The second-order valence-corrected chi connectivity index (χ2v) is 3.49. The molecule has 3 nitrogen and oxygen atoms in total. The van der Waals surface area contributed by atoms with Crippen molar-refractivity contribution >= 4 is 5.69 Å². The predicted octanol–water partition coefficient (Wildman–Crippen LogP) is 3.16. The Bertz CT molecular complexity index is 335. The smallest absolute Gasteiger partial charge is 0.162 e. The van der Waals surface area contributed by atoms with Crippen LogP contribution in [0.25, 0.3) is 0 Å². The first-order valence-electron chi connectivity index (χ1n) is 5.55. The highest BCUT2D eigenvalue weighted by atomic mass is 16.5. The van der Waals surface area contributed by atoms with Gasteiger partial charge in [0.05, 0.1) is 6.26 Å². The SMILES string of the molecule is C=CCC=COCN(COC)c1ccccc1. The van der Waals surface area contributed by atoms with Gasteiger partial charge in [-0.1, -0.05) is 24.3 Å². The normalized spacial score (nSPS) is 10.4. The molecule has 0 amide bonds. The van der Waals surface area contributed by atoms with E-state index in [1.807, 2.05) is 47.4 Å². The maximum atomic E-state index is 5.42. The lowest BCUT2D eigenvalue weighted by atomic mass is 10.3. The van der Waals surface area contributed by atoms with Gasteiger partial charge in [-0.3, -0.25) is 0 Å². The van der Waals surface area contributed by atoms with Crippen LogP contribution < -0.4 is 4.90 Å². The Hall–Kier alpha value is -1.74. The van der Waals surface area contributed by atoms with Crippen LogP contribution in [0.4, 0.5) is 5.69 Å². The number of hydrogen-bond donors (Lipinski definition) is 0. The van der Waals surface area contributed by atoms with Crippen molar-refractivity contribution in [2.75, 3.05) is 25.5 Å². The first-order valence-corrected chi connectivity index (χ1v) is 5.55. The number of para-hydroxylation sites is 1. The molecule has 0 unspecified atom stereocenters. The van der Waals surface area contributed by atoms with Crippen LogP contribution in [0, 0.1) is 0 Å². The summed E-state index contributed by atoms with van der Waals surface area (Å²) in [6.45, 7) is 4.60. The van der Waals surface area contributed by atoms with Crippen LogP contribution in [0.5, 0.6) is 0 Å². The van der Waals surface area contributed by atoms with Gasteiger partial charge in [0.1, 0.15) is 6.73 Å². The van der Waals surface area contributed by atoms with Crippen LogP contribution in [0.1, 0.15) is 6.42 Å². The molecule has 0 N–H and O–H groups in total. The van der Waals surface area contributed by atoms with Gasteiger partial charge in [-0.25, -0.2) is 0 Å². The van der Waals surface area contributed by atoms with Crippen molar-refractivity contribution in [1.29, 1.82) is 0 Å². The summed E-state index contributed by atoms with van der Waals surface area (Å²) in [4.78, 5) is 2.00. The zero-order chi connectivity index (χ0) is 12.3. The van der Waals surface area contributed by atoms with E-state index < -0.39 is 0 Å². The number of anilines is 1. The molecule has 0 aromatic heterocycles. The van der Waals surface area contributed by atoms with Crippen molar-refractivity contribution in [3.05, 3.63) is 55.3 Å². The Balaban J connectivity index is 2.46. The van der Waals surface area contributed by atoms with Crippen LogP contribution in [-0.4, -0.2) is 20.6 Å². The molecule has 0 spiro atoms. The van der Waals surface area contributed by atoms with E-state index in [4.69, 9.17) is 9.47 Å². The van der Waals surface area contributed by atoms with Crippen LogP contribution in [0.2, 0.25) is 0 Å². The molecule has 0 saturated carbocycles. The average Bonchev–Trinajstić information content (AvgIpc) is 2.38. The molecule has 0 aliphatic heterocycles. The number of hydrogen-bond acceptors (Lipinski definition) is 3. The lowest BCUT2D eigenvalue weighted by molar-refractivity contribution is 0.158. The van der Waals surface area contributed by atoms with Crippen LogP contribution in [-0.2, 0) is 9.47 Å². The van der Waals surface area contributed by atoms with E-state index in [1.165, 1.54) is 0 Å². The quantitative estimate of drug-likeness (QED) is 0.391. The predicted molar refractivity (Wildman–Crippen MR) is 70.7 cm³/mol. The molecule has 0 heterocycles. The van der Waals surface area contributed by atoms with E-state index in [-0.39, 0.29) is 0 Å². The maximum absolute atomic E-state index is 5.42. The summed E-state index contributed by atoms with van der Waals surface area (Å²) in [5.41, 5.74) is 1.08. The fraction of sp³-hybridized carbons (Fsp3) is 0.286. The summed E-state index contributed by atoms with van der Waals surface area (Å²) in [5, 5.41) is 0. The van der Waals surface area contributed by atoms with E-state index in [1.54, 1.807) is 13.4 Å². The van der Waals surface area contributed by atoms with Crippen LogP contribution in [0.3, 0.4) is 0 Å². The molecule has 0 atom stereocenters. The molecule has 1 aromatic carbocycles. The highest BCUT2D eigenvalue weighted by molar-refractivity contribution is 5.44. The minimum absolute atomic E-state index is 0.464. The molecular formula is C14H19NO2. The molecule has 0 fully saturated rings. The van der Waals surface area contributed by atoms with Gasteiger partial charge in [-0.05, 0) is 24.6 Å². The van der Waals surface area contributed by atoms with E-state index in [9.17, 15) is 0 Å². The highest BCUT2D eigenvalue weighted by Gasteiger charge is 2.03. The van der Waals surface area contributed by atoms with E-state index in [0.717, 1.165) is 12.1 Å². The molecule has 0 radical (unpaired) electrons. The third kappa shape index (κ3) is 5.22. The number of rotatable bonds is 8. The van der Waals surface area contributed by atoms with Gasteiger partial charge in [0.2, 0.25) is 0 Å². The molecule has 3 heteroatoms. The zero-order valence-electron chi connectivity index (χ0n) is 10.2. The molecule has 92 valence electrons. The van der Waals surface area contributed by atoms with Gasteiger partial charge in [-0.15, -0.1) is 6.58 Å². The van der Waals surface area contributed by atoms with Gasteiger partial charge in [0.25, 0.3) is 0 Å². The Kier molecular flexibility index (Phi) is 6.60. The fourth-order valence-electron chi connectivity index (χ4n) is 1.33. The van der Waals surface area contributed by atoms with Gasteiger partial charge >= 0.3 is 0 Å². The number of allylic oxidation sites excluding steroid dienone is 2. The van der Waals surface area contributed by atoms with Crippen LogP contribution in [0.15, 0.2) is 55.3 Å². The molecule has 0 aliphatic carbocycles. The molecule has 0 aliphatic rings. The van der Waals surface area contributed by atoms with Crippen molar-refractivity contribution in [2.24, 2.45) is 0 Å².